The molecular weight excluding hydrogens is 588 g/mol. The minimum absolute atomic E-state index is 0.0222. The number of aromatic hydroxyl groups is 2. The lowest BCUT2D eigenvalue weighted by atomic mass is 9.76. The Bertz CT molecular complexity index is 1610. The zero-order chi connectivity index (χ0) is 35.3. The number of phenols is 2. The number of ketones is 1. The number of rotatable bonds is 6. The van der Waals surface area contributed by atoms with Gasteiger partial charge in [0.2, 0.25) is 0 Å². The van der Waals surface area contributed by atoms with Crippen molar-refractivity contribution in [1.82, 2.24) is 0 Å². The number of Topliss-reactive ketones (excluding diaryl/α,β-unsaturated/α-hetero) is 1. The van der Waals surface area contributed by atoms with Crippen molar-refractivity contribution >= 4 is 11.9 Å². The molecule has 0 aromatic heterocycles. The standard InChI is InChI=1S/C41H54O6/c1-38(2,3)29-19-24(20-30(35(29)44)39(4,5)6)18-28-34(43)27-15-14-26(46-17-13-16-42)23-33(27)47-37(28)25-21-31(40(7,8)9)36(45)32(22-25)41(10,11)12/h14-15,18-23,37,42,44-45H,13,16-17H2,1-12H3/b28-18+. The van der Waals surface area contributed by atoms with Gasteiger partial charge >= 0.3 is 0 Å². The molecule has 4 rings (SSSR count). The maximum absolute atomic E-state index is 14.5. The Balaban J connectivity index is 2.03. The minimum atomic E-state index is -0.782. The SMILES string of the molecule is CC(C)(C)c1cc(/C=C2\C(=O)c3ccc(OCCCO)cc3OC2c2cc(C(C)(C)C)c(O)c(C(C)(C)C)c2)cc(C(C)(C)C)c1O. The largest absolute Gasteiger partial charge is 0.507 e. The second kappa shape index (κ2) is 12.7. The number of carbonyl (C=O) groups is 1. The van der Waals surface area contributed by atoms with E-state index in [-0.39, 0.29) is 45.5 Å². The Morgan fingerprint density at radius 1 is 0.723 bits per heavy atom. The first-order valence-corrected chi connectivity index (χ1v) is 16.6. The quantitative estimate of drug-likeness (QED) is 0.183. The molecule has 47 heavy (non-hydrogen) atoms. The van der Waals surface area contributed by atoms with Gasteiger partial charge in [0.1, 0.15) is 23.0 Å². The molecule has 0 saturated carbocycles. The van der Waals surface area contributed by atoms with Gasteiger partial charge in [0, 0.05) is 35.8 Å². The molecule has 1 atom stereocenters. The van der Waals surface area contributed by atoms with Crippen molar-refractivity contribution in [2.45, 2.75) is 117 Å². The Morgan fingerprint density at radius 3 is 1.64 bits per heavy atom. The Labute approximate surface area is 281 Å². The van der Waals surface area contributed by atoms with Crippen LogP contribution < -0.4 is 9.47 Å². The lowest BCUT2D eigenvalue weighted by molar-refractivity contribution is 0.0963. The normalized spacial score (nSPS) is 16.7. The zero-order valence-corrected chi connectivity index (χ0v) is 30.4. The molecule has 0 spiro atoms. The van der Waals surface area contributed by atoms with Crippen LogP contribution in [0.2, 0.25) is 0 Å². The monoisotopic (exact) mass is 642 g/mol. The van der Waals surface area contributed by atoms with Crippen LogP contribution in [0.25, 0.3) is 6.08 Å². The third-order valence-corrected chi connectivity index (χ3v) is 8.68. The molecule has 254 valence electrons. The molecule has 1 unspecified atom stereocenters. The van der Waals surface area contributed by atoms with Gasteiger partial charge in [-0.25, -0.2) is 0 Å². The summed E-state index contributed by atoms with van der Waals surface area (Å²) in [7, 11) is 0. The summed E-state index contributed by atoms with van der Waals surface area (Å²) < 4.78 is 12.6. The molecule has 1 aliphatic rings. The predicted molar refractivity (Wildman–Crippen MR) is 190 cm³/mol. The minimum Gasteiger partial charge on any atom is -0.507 e. The molecule has 1 heterocycles. The molecule has 0 bridgehead atoms. The summed E-state index contributed by atoms with van der Waals surface area (Å²) >= 11 is 0. The van der Waals surface area contributed by atoms with Crippen LogP contribution in [0.1, 0.15) is 139 Å². The molecule has 6 nitrogen and oxygen atoms in total. The third-order valence-electron chi connectivity index (χ3n) is 8.68. The summed E-state index contributed by atoms with van der Waals surface area (Å²) in [5, 5.41) is 32.1. The first-order chi connectivity index (χ1) is 21.5. The average Bonchev–Trinajstić information content (AvgIpc) is 2.93. The predicted octanol–water partition coefficient (Wildman–Crippen LogP) is 9.45. The number of aliphatic hydroxyl groups excluding tert-OH is 1. The van der Waals surface area contributed by atoms with Crippen molar-refractivity contribution in [3.05, 3.63) is 87.0 Å². The van der Waals surface area contributed by atoms with Gasteiger partial charge in [-0.3, -0.25) is 4.79 Å². The summed E-state index contributed by atoms with van der Waals surface area (Å²) in [6.07, 6.45) is 1.60. The van der Waals surface area contributed by atoms with E-state index in [4.69, 9.17) is 9.47 Å². The number of aliphatic hydroxyl groups is 1. The number of hydrogen-bond donors (Lipinski definition) is 3. The van der Waals surface area contributed by atoms with Crippen molar-refractivity contribution in [3.8, 4) is 23.0 Å². The summed E-state index contributed by atoms with van der Waals surface area (Å²) in [4.78, 5) is 14.5. The van der Waals surface area contributed by atoms with Crippen molar-refractivity contribution in [2.75, 3.05) is 13.2 Å². The fourth-order valence-electron chi connectivity index (χ4n) is 6.00. The summed E-state index contributed by atoms with van der Waals surface area (Å²) in [6.45, 7) is 25.1. The van der Waals surface area contributed by atoms with E-state index in [1.165, 1.54) is 0 Å². The molecule has 0 radical (unpaired) electrons. The van der Waals surface area contributed by atoms with Gasteiger partial charge < -0.3 is 24.8 Å². The summed E-state index contributed by atoms with van der Waals surface area (Å²) in [6, 6.07) is 13.1. The Kier molecular flexibility index (Phi) is 9.74. The molecule has 6 heteroatoms. The number of benzene rings is 3. The van der Waals surface area contributed by atoms with Gasteiger partial charge in [-0.1, -0.05) is 83.1 Å². The second-order valence-corrected chi connectivity index (χ2v) is 16.9. The van der Waals surface area contributed by atoms with E-state index in [1.807, 2.05) is 30.3 Å². The molecular formula is C41H54O6. The first-order valence-electron chi connectivity index (χ1n) is 16.6. The highest BCUT2D eigenvalue weighted by Crippen LogP contribution is 2.47. The fraction of sp³-hybridized carbons (Fsp3) is 0.488. The lowest BCUT2D eigenvalue weighted by Gasteiger charge is -2.33. The Hall–Kier alpha value is -3.77. The average molecular weight is 643 g/mol. The van der Waals surface area contributed by atoms with Crippen molar-refractivity contribution in [1.29, 1.82) is 0 Å². The molecule has 1 aliphatic heterocycles. The van der Waals surface area contributed by atoms with Gasteiger partial charge in [-0.15, -0.1) is 0 Å². The summed E-state index contributed by atoms with van der Waals surface area (Å²) in [5.41, 5.74) is 4.16. The number of phenolic OH excluding ortho intramolecular Hbond substituents is 2. The molecule has 3 aromatic rings. The van der Waals surface area contributed by atoms with Gasteiger partial charge in [0.15, 0.2) is 11.9 Å². The van der Waals surface area contributed by atoms with Gasteiger partial charge in [-0.05, 0) is 86.4 Å². The topological polar surface area (TPSA) is 96.2 Å². The smallest absolute Gasteiger partial charge is 0.196 e. The van der Waals surface area contributed by atoms with E-state index in [9.17, 15) is 20.1 Å². The van der Waals surface area contributed by atoms with Crippen LogP contribution in [0.15, 0.2) is 48.0 Å². The van der Waals surface area contributed by atoms with Crippen LogP contribution in [0.4, 0.5) is 0 Å². The van der Waals surface area contributed by atoms with Gasteiger partial charge in [0.25, 0.3) is 0 Å². The molecule has 0 saturated heterocycles. The van der Waals surface area contributed by atoms with Crippen LogP contribution in [0.3, 0.4) is 0 Å². The molecule has 3 aromatic carbocycles. The van der Waals surface area contributed by atoms with Crippen molar-refractivity contribution in [3.63, 3.8) is 0 Å². The van der Waals surface area contributed by atoms with Crippen LogP contribution in [0, 0.1) is 0 Å². The number of carbonyl (C=O) groups excluding carboxylic acids is 1. The van der Waals surface area contributed by atoms with E-state index < -0.39 is 6.10 Å². The lowest BCUT2D eigenvalue weighted by Crippen LogP contribution is -2.26. The zero-order valence-electron chi connectivity index (χ0n) is 30.4. The molecule has 3 N–H and O–H groups in total. The van der Waals surface area contributed by atoms with Crippen LogP contribution >= 0.6 is 0 Å². The van der Waals surface area contributed by atoms with Crippen molar-refractivity contribution < 1.29 is 29.6 Å². The van der Waals surface area contributed by atoms with Gasteiger partial charge in [-0.2, -0.15) is 0 Å². The van der Waals surface area contributed by atoms with Crippen LogP contribution in [-0.2, 0) is 21.7 Å². The number of fused-ring (bicyclic) bond motifs is 1. The maximum atomic E-state index is 14.5. The summed E-state index contributed by atoms with van der Waals surface area (Å²) in [5.74, 6) is 1.33. The molecule has 0 aliphatic carbocycles. The van der Waals surface area contributed by atoms with E-state index in [1.54, 1.807) is 18.2 Å². The maximum Gasteiger partial charge on any atom is 0.196 e. The highest BCUT2D eigenvalue weighted by atomic mass is 16.5. The highest BCUT2D eigenvalue weighted by molar-refractivity contribution is 6.14. The highest BCUT2D eigenvalue weighted by Gasteiger charge is 2.37. The number of ether oxygens (including phenoxy) is 2. The van der Waals surface area contributed by atoms with Crippen molar-refractivity contribution in [2.24, 2.45) is 0 Å². The molecule has 0 amide bonds. The van der Waals surface area contributed by atoms with Gasteiger partial charge in [0.05, 0.1) is 12.2 Å². The third kappa shape index (κ3) is 7.70. The van der Waals surface area contributed by atoms with E-state index in [0.717, 1.165) is 33.4 Å². The van der Waals surface area contributed by atoms with Crippen LogP contribution in [0.5, 0.6) is 23.0 Å². The first kappa shape index (κ1) is 36.1. The van der Waals surface area contributed by atoms with E-state index >= 15 is 0 Å². The Morgan fingerprint density at radius 2 is 1.19 bits per heavy atom. The fourth-order valence-corrected chi connectivity index (χ4v) is 6.00. The number of hydrogen-bond acceptors (Lipinski definition) is 6. The van der Waals surface area contributed by atoms with E-state index in [0.29, 0.717) is 35.7 Å². The second-order valence-electron chi connectivity index (χ2n) is 16.9. The van der Waals surface area contributed by atoms with Crippen LogP contribution in [-0.4, -0.2) is 34.3 Å². The van der Waals surface area contributed by atoms with E-state index in [2.05, 4.69) is 83.1 Å². The molecule has 0 fully saturated rings.